The molecule has 4 nitrogen and oxygen atoms in total. The zero-order chi connectivity index (χ0) is 14.5. The monoisotopic (exact) mass is 319 g/mol. The highest BCUT2D eigenvalue weighted by molar-refractivity contribution is 5.85. The van der Waals surface area contributed by atoms with Gasteiger partial charge >= 0.3 is 0 Å². The maximum atomic E-state index is 13.1. The summed E-state index contributed by atoms with van der Waals surface area (Å²) in [6, 6.07) is 3.81. The second-order valence-electron chi connectivity index (χ2n) is 5.05. The van der Waals surface area contributed by atoms with Gasteiger partial charge in [0.25, 0.3) is 0 Å². The lowest BCUT2D eigenvalue weighted by Crippen LogP contribution is -2.49. The summed E-state index contributed by atoms with van der Waals surface area (Å²) in [5.41, 5.74) is 0.652. The number of carbonyl (C=O) groups is 1. The van der Waals surface area contributed by atoms with Gasteiger partial charge in [-0.25, -0.2) is 8.78 Å². The highest BCUT2D eigenvalue weighted by atomic mass is 35.5. The molecule has 0 spiro atoms. The maximum absolute atomic E-state index is 13.1. The van der Waals surface area contributed by atoms with E-state index in [4.69, 9.17) is 0 Å². The summed E-state index contributed by atoms with van der Waals surface area (Å²) in [6.45, 7) is 3.76. The number of likely N-dealkylation sites (N-methyl/N-ethyl adjacent to an activating group) is 1. The minimum absolute atomic E-state index is 0. The molecule has 1 heterocycles. The van der Waals surface area contributed by atoms with Gasteiger partial charge in [0.05, 0.1) is 6.54 Å². The van der Waals surface area contributed by atoms with Gasteiger partial charge in [-0.15, -0.1) is 12.4 Å². The molecule has 0 aliphatic carbocycles. The molecule has 1 N–H and O–H groups in total. The van der Waals surface area contributed by atoms with Crippen LogP contribution in [0.5, 0.6) is 0 Å². The van der Waals surface area contributed by atoms with Crippen molar-refractivity contribution in [2.24, 2.45) is 0 Å². The summed E-state index contributed by atoms with van der Waals surface area (Å²) in [4.78, 5) is 15.7. The van der Waals surface area contributed by atoms with E-state index >= 15 is 0 Å². The van der Waals surface area contributed by atoms with E-state index in [9.17, 15) is 13.6 Å². The summed E-state index contributed by atoms with van der Waals surface area (Å²) in [6.07, 6.45) is 0. The van der Waals surface area contributed by atoms with Gasteiger partial charge in [0.15, 0.2) is 11.6 Å². The molecule has 7 heteroatoms. The topological polar surface area (TPSA) is 35.6 Å². The number of amides is 1. The Bertz CT molecular complexity index is 481. The Hall–Kier alpha value is -1.24. The highest BCUT2D eigenvalue weighted by Crippen LogP contribution is 2.10. The smallest absolute Gasteiger partial charge is 0.236 e. The van der Waals surface area contributed by atoms with Crippen LogP contribution in [-0.4, -0.2) is 55.5 Å². The Balaban J connectivity index is 0.00000220. The first kappa shape index (κ1) is 17.8. The Kier molecular flexibility index (Phi) is 7.01. The Labute approximate surface area is 129 Å². The molecule has 0 aromatic heterocycles. The summed E-state index contributed by atoms with van der Waals surface area (Å²) in [7, 11) is 1.79. The van der Waals surface area contributed by atoms with E-state index in [0.717, 1.165) is 32.2 Å². The lowest BCUT2D eigenvalue weighted by atomic mass is 10.2. The molecule has 1 saturated heterocycles. The van der Waals surface area contributed by atoms with Crippen molar-refractivity contribution in [2.45, 2.75) is 6.54 Å². The Morgan fingerprint density at radius 3 is 2.57 bits per heavy atom. The predicted molar refractivity (Wildman–Crippen MR) is 79.4 cm³/mol. The minimum Gasteiger partial charge on any atom is -0.339 e. The zero-order valence-corrected chi connectivity index (χ0v) is 12.8. The SMILES string of the molecule is CN(CC(=O)N1CCNCC1)Cc1ccc(F)c(F)c1.Cl. The van der Waals surface area contributed by atoms with E-state index in [0.29, 0.717) is 12.1 Å². The number of halogens is 3. The molecule has 1 aromatic carbocycles. The van der Waals surface area contributed by atoms with E-state index in [2.05, 4.69) is 5.32 Å². The van der Waals surface area contributed by atoms with Crippen LogP contribution in [0.25, 0.3) is 0 Å². The van der Waals surface area contributed by atoms with Crippen LogP contribution in [0.4, 0.5) is 8.78 Å². The van der Waals surface area contributed by atoms with Crippen LogP contribution in [0.3, 0.4) is 0 Å². The van der Waals surface area contributed by atoms with E-state index < -0.39 is 11.6 Å². The predicted octanol–water partition coefficient (Wildman–Crippen LogP) is 1.25. The van der Waals surface area contributed by atoms with Crippen molar-refractivity contribution in [1.82, 2.24) is 15.1 Å². The molecule has 0 unspecified atom stereocenters. The number of nitrogens with zero attached hydrogens (tertiary/aromatic N) is 2. The van der Waals surface area contributed by atoms with Crippen LogP contribution in [0.15, 0.2) is 18.2 Å². The van der Waals surface area contributed by atoms with Crippen molar-refractivity contribution < 1.29 is 13.6 Å². The van der Waals surface area contributed by atoms with E-state index in [1.54, 1.807) is 11.9 Å². The first-order valence-electron chi connectivity index (χ1n) is 6.67. The maximum Gasteiger partial charge on any atom is 0.236 e. The first-order chi connectivity index (χ1) is 9.56. The molecule has 21 heavy (non-hydrogen) atoms. The van der Waals surface area contributed by atoms with Gasteiger partial charge in [0, 0.05) is 32.7 Å². The Morgan fingerprint density at radius 1 is 1.29 bits per heavy atom. The number of rotatable bonds is 4. The van der Waals surface area contributed by atoms with Gasteiger partial charge in [-0.3, -0.25) is 9.69 Å². The number of hydrogen-bond donors (Lipinski definition) is 1. The molecular weight excluding hydrogens is 300 g/mol. The number of hydrogen-bond acceptors (Lipinski definition) is 3. The third kappa shape index (κ3) is 5.22. The fraction of sp³-hybridized carbons (Fsp3) is 0.500. The van der Waals surface area contributed by atoms with Crippen molar-refractivity contribution >= 4 is 18.3 Å². The van der Waals surface area contributed by atoms with Gasteiger partial charge in [-0.2, -0.15) is 0 Å². The molecule has 0 radical (unpaired) electrons. The molecule has 1 aliphatic heterocycles. The minimum atomic E-state index is -0.857. The lowest BCUT2D eigenvalue weighted by molar-refractivity contribution is -0.132. The van der Waals surface area contributed by atoms with Crippen LogP contribution >= 0.6 is 12.4 Å². The van der Waals surface area contributed by atoms with Crippen LogP contribution in [-0.2, 0) is 11.3 Å². The van der Waals surface area contributed by atoms with Crippen LogP contribution < -0.4 is 5.32 Å². The molecule has 0 bridgehead atoms. The third-order valence-electron chi connectivity index (χ3n) is 3.31. The standard InChI is InChI=1S/C14H19F2N3O.ClH/c1-18(9-11-2-3-12(15)13(16)8-11)10-14(20)19-6-4-17-5-7-19;/h2-3,8,17H,4-7,9-10H2,1H3;1H. The fourth-order valence-corrected chi connectivity index (χ4v) is 2.25. The molecule has 1 aliphatic rings. The highest BCUT2D eigenvalue weighted by Gasteiger charge is 2.17. The third-order valence-corrected chi connectivity index (χ3v) is 3.31. The van der Waals surface area contributed by atoms with Crippen molar-refractivity contribution in [3.63, 3.8) is 0 Å². The van der Waals surface area contributed by atoms with Gasteiger partial charge in [0.1, 0.15) is 0 Å². The molecule has 118 valence electrons. The molecule has 1 fully saturated rings. The van der Waals surface area contributed by atoms with Crippen LogP contribution in [0.1, 0.15) is 5.56 Å². The van der Waals surface area contributed by atoms with Crippen molar-refractivity contribution in [1.29, 1.82) is 0 Å². The van der Waals surface area contributed by atoms with Crippen LogP contribution in [0.2, 0.25) is 0 Å². The van der Waals surface area contributed by atoms with E-state index in [1.807, 2.05) is 4.90 Å². The summed E-state index contributed by atoms with van der Waals surface area (Å²) in [5.74, 6) is -1.64. The van der Waals surface area contributed by atoms with Crippen molar-refractivity contribution in [3.8, 4) is 0 Å². The molecule has 2 rings (SSSR count). The molecule has 0 saturated carbocycles. The second kappa shape index (κ2) is 8.26. The zero-order valence-electron chi connectivity index (χ0n) is 11.9. The number of carbonyl (C=O) groups excluding carboxylic acids is 1. The number of piperazine rings is 1. The van der Waals surface area contributed by atoms with E-state index in [-0.39, 0.29) is 24.9 Å². The molecule has 1 aromatic rings. The lowest BCUT2D eigenvalue weighted by Gasteiger charge is -2.29. The van der Waals surface area contributed by atoms with Gasteiger partial charge in [-0.1, -0.05) is 6.07 Å². The molecular formula is C14H20ClF2N3O. The number of nitrogens with one attached hydrogen (secondary N) is 1. The Morgan fingerprint density at radius 2 is 1.95 bits per heavy atom. The van der Waals surface area contributed by atoms with Gasteiger partial charge in [0.2, 0.25) is 5.91 Å². The summed E-state index contributed by atoms with van der Waals surface area (Å²) < 4.78 is 25.9. The molecule has 1 amide bonds. The average molecular weight is 320 g/mol. The summed E-state index contributed by atoms with van der Waals surface area (Å²) >= 11 is 0. The summed E-state index contributed by atoms with van der Waals surface area (Å²) in [5, 5.41) is 3.19. The molecule has 0 atom stereocenters. The fourth-order valence-electron chi connectivity index (χ4n) is 2.25. The second-order valence-corrected chi connectivity index (χ2v) is 5.05. The number of benzene rings is 1. The van der Waals surface area contributed by atoms with Crippen molar-refractivity contribution in [2.75, 3.05) is 39.8 Å². The van der Waals surface area contributed by atoms with Crippen molar-refractivity contribution in [3.05, 3.63) is 35.4 Å². The average Bonchev–Trinajstić information content (AvgIpc) is 2.44. The van der Waals surface area contributed by atoms with Gasteiger partial charge < -0.3 is 10.2 Å². The normalized spacial score (nSPS) is 15.0. The van der Waals surface area contributed by atoms with Crippen LogP contribution in [0, 0.1) is 11.6 Å². The largest absolute Gasteiger partial charge is 0.339 e. The quantitative estimate of drug-likeness (QED) is 0.907. The van der Waals surface area contributed by atoms with Gasteiger partial charge in [-0.05, 0) is 24.7 Å². The van der Waals surface area contributed by atoms with E-state index in [1.165, 1.54) is 12.1 Å². The first-order valence-corrected chi connectivity index (χ1v) is 6.67.